The largest absolute Gasteiger partial charge is 0.497 e. The van der Waals surface area contributed by atoms with Gasteiger partial charge in [0.25, 0.3) is 5.91 Å². The van der Waals surface area contributed by atoms with Crippen LogP contribution in [0.1, 0.15) is 17.3 Å². The van der Waals surface area contributed by atoms with E-state index in [1.54, 1.807) is 42.2 Å². The van der Waals surface area contributed by atoms with Gasteiger partial charge in [-0.05, 0) is 31.2 Å². The Hall–Kier alpha value is -3.59. The van der Waals surface area contributed by atoms with E-state index in [0.717, 1.165) is 11.3 Å². The van der Waals surface area contributed by atoms with Crippen LogP contribution in [0.2, 0.25) is 0 Å². The number of amides is 2. The van der Waals surface area contributed by atoms with Gasteiger partial charge in [-0.25, -0.2) is 0 Å². The number of hydrogen-bond acceptors (Lipinski definition) is 7. The van der Waals surface area contributed by atoms with Gasteiger partial charge in [0.2, 0.25) is 5.91 Å². The molecule has 1 aliphatic heterocycles. The number of methoxy groups -OCH3 is 2. The van der Waals surface area contributed by atoms with Gasteiger partial charge in [-0.15, -0.1) is 10.2 Å². The standard InChI is InChI=1S/C26H28N4O4S/c1-18-16-29(11-12-30(18)26(32)20-13-21(33-2)15-22(14-20)34-3)25(31)17-35-24-10-9-23(27-28-24)19-7-5-4-6-8-19/h4-10,13-15,18H,11-12,16-17H2,1-3H3. The third-order valence-electron chi connectivity index (χ3n) is 5.89. The van der Waals surface area contributed by atoms with Crippen LogP contribution in [0.25, 0.3) is 11.3 Å². The van der Waals surface area contributed by atoms with Gasteiger partial charge in [0.1, 0.15) is 16.5 Å². The number of nitrogens with zero attached hydrogens (tertiary/aromatic N) is 4. The smallest absolute Gasteiger partial charge is 0.254 e. The molecule has 1 unspecified atom stereocenters. The van der Waals surface area contributed by atoms with Gasteiger partial charge >= 0.3 is 0 Å². The van der Waals surface area contributed by atoms with Crippen molar-refractivity contribution < 1.29 is 19.1 Å². The van der Waals surface area contributed by atoms with Crippen LogP contribution in [0, 0.1) is 0 Å². The lowest BCUT2D eigenvalue weighted by Crippen LogP contribution is -2.55. The van der Waals surface area contributed by atoms with Gasteiger partial charge in [0, 0.05) is 42.9 Å². The van der Waals surface area contributed by atoms with Gasteiger partial charge in [0.05, 0.1) is 25.7 Å². The van der Waals surface area contributed by atoms with E-state index in [9.17, 15) is 9.59 Å². The molecule has 3 aromatic rings. The van der Waals surface area contributed by atoms with Crippen molar-refractivity contribution in [2.45, 2.75) is 18.0 Å². The second-order valence-electron chi connectivity index (χ2n) is 8.20. The Balaban J connectivity index is 1.32. The molecule has 0 N–H and O–H groups in total. The molecular formula is C26H28N4O4S. The maximum Gasteiger partial charge on any atom is 0.254 e. The van der Waals surface area contributed by atoms with E-state index in [1.165, 1.54) is 11.8 Å². The lowest BCUT2D eigenvalue weighted by Gasteiger charge is -2.40. The van der Waals surface area contributed by atoms with E-state index in [4.69, 9.17) is 9.47 Å². The fourth-order valence-electron chi connectivity index (χ4n) is 3.97. The lowest BCUT2D eigenvalue weighted by atomic mass is 10.1. The average molecular weight is 493 g/mol. The molecule has 182 valence electrons. The summed E-state index contributed by atoms with van der Waals surface area (Å²) in [6, 6.07) is 18.7. The minimum atomic E-state index is -0.118. The Morgan fingerprint density at radius 3 is 2.29 bits per heavy atom. The lowest BCUT2D eigenvalue weighted by molar-refractivity contribution is -0.130. The highest BCUT2D eigenvalue weighted by atomic mass is 32.2. The number of aromatic nitrogens is 2. The van der Waals surface area contributed by atoms with Crippen molar-refractivity contribution in [3.05, 3.63) is 66.2 Å². The van der Waals surface area contributed by atoms with Crippen LogP contribution in [0.15, 0.2) is 65.7 Å². The number of benzene rings is 2. The van der Waals surface area contributed by atoms with Crippen LogP contribution in [0.5, 0.6) is 11.5 Å². The molecule has 9 heteroatoms. The Morgan fingerprint density at radius 1 is 0.971 bits per heavy atom. The first-order valence-corrected chi connectivity index (χ1v) is 12.3. The molecule has 1 aliphatic rings. The van der Waals surface area contributed by atoms with Gasteiger partial charge in [-0.3, -0.25) is 9.59 Å². The van der Waals surface area contributed by atoms with Crippen LogP contribution < -0.4 is 9.47 Å². The first-order valence-electron chi connectivity index (χ1n) is 11.3. The summed E-state index contributed by atoms with van der Waals surface area (Å²) >= 11 is 1.37. The van der Waals surface area contributed by atoms with Gasteiger partial charge in [-0.2, -0.15) is 0 Å². The summed E-state index contributed by atoms with van der Waals surface area (Å²) in [7, 11) is 3.11. The molecule has 2 amide bonds. The summed E-state index contributed by atoms with van der Waals surface area (Å²) in [5, 5.41) is 9.23. The molecule has 2 heterocycles. The summed E-state index contributed by atoms with van der Waals surface area (Å²) < 4.78 is 10.6. The van der Waals surface area contributed by atoms with Crippen LogP contribution in [0.3, 0.4) is 0 Å². The summed E-state index contributed by atoms with van der Waals surface area (Å²) in [4.78, 5) is 29.6. The van der Waals surface area contributed by atoms with E-state index >= 15 is 0 Å². The highest BCUT2D eigenvalue weighted by Gasteiger charge is 2.30. The van der Waals surface area contributed by atoms with Gasteiger partial charge in [0.15, 0.2) is 0 Å². The zero-order chi connectivity index (χ0) is 24.8. The number of carbonyl (C=O) groups excluding carboxylic acids is 2. The number of rotatable bonds is 7. The molecule has 1 atom stereocenters. The molecule has 0 saturated carbocycles. The van der Waals surface area contributed by atoms with Crippen molar-refractivity contribution in [2.24, 2.45) is 0 Å². The van der Waals surface area contributed by atoms with Crippen molar-refractivity contribution in [1.29, 1.82) is 0 Å². The summed E-state index contributed by atoms with van der Waals surface area (Å²) in [6.45, 7) is 3.37. The second kappa shape index (κ2) is 11.2. The van der Waals surface area contributed by atoms with Crippen molar-refractivity contribution >= 4 is 23.6 Å². The molecule has 8 nitrogen and oxygen atoms in total. The van der Waals surface area contributed by atoms with Crippen LogP contribution >= 0.6 is 11.8 Å². The SMILES string of the molecule is COc1cc(OC)cc(C(=O)N2CCN(C(=O)CSc3ccc(-c4ccccc4)nn3)CC2C)c1. The highest BCUT2D eigenvalue weighted by Crippen LogP contribution is 2.25. The molecule has 0 aliphatic carbocycles. The van der Waals surface area contributed by atoms with Crippen molar-refractivity contribution in [3.63, 3.8) is 0 Å². The van der Waals surface area contributed by atoms with Crippen molar-refractivity contribution in [3.8, 4) is 22.8 Å². The number of piperazine rings is 1. The molecule has 1 aromatic heterocycles. The minimum Gasteiger partial charge on any atom is -0.497 e. The average Bonchev–Trinajstić information content (AvgIpc) is 2.91. The molecule has 35 heavy (non-hydrogen) atoms. The number of ether oxygens (including phenoxy) is 2. The summed E-state index contributed by atoms with van der Waals surface area (Å²) in [5.41, 5.74) is 2.30. The number of thioether (sulfide) groups is 1. The molecule has 1 saturated heterocycles. The number of hydrogen-bond donors (Lipinski definition) is 0. The quantitative estimate of drug-likeness (QED) is 0.466. The monoisotopic (exact) mass is 492 g/mol. The molecule has 0 radical (unpaired) electrons. The van der Waals surface area contributed by atoms with E-state index in [-0.39, 0.29) is 23.6 Å². The highest BCUT2D eigenvalue weighted by molar-refractivity contribution is 7.99. The fraction of sp³-hybridized carbons (Fsp3) is 0.308. The molecule has 4 rings (SSSR count). The predicted octanol–water partition coefficient (Wildman–Crippen LogP) is 3.63. The zero-order valence-electron chi connectivity index (χ0n) is 20.0. The van der Waals surface area contributed by atoms with E-state index < -0.39 is 0 Å². The normalized spacial score (nSPS) is 15.6. The summed E-state index contributed by atoms with van der Waals surface area (Å²) in [5.74, 6) is 1.31. The van der Waals surface area contributed by atoms with Crippen LogP contribution in [-0.4, -0.2) is 77.5 Å². The third-order valence-corrected chi connectivity index (χ3v) is 6.80. The first-order chi connectivity index (χ1) is 17.0. The maximum atomic E-state index is 13.2. The molecule has 1 fully saturated rings. The molecular weight excluding hydrogens is 464 g/mol. The Labute approximate surface area is 209 Å². The Morgan fingerprint density at radius 2 is 1.69 bits per heavy atom. The predicted molar refractivity (Wildman–Crippen MR) is 135 cm³/mol. The van der Waals surface area contributed by atoms with Gasteiger partial charge in [-0.1, -0.05) is 42.1 Å². The van der Waals surface area contributed by atoms with Crippen molar-refractivity contribution in [1.82, 2.24) is 20.0 Å². The Kier molecular flexibility index (Phi) is 7.87. The van der Waals surface area contributed by atoms with Crippen molar-refractivity contribution in [2.75, 3.05) is 39.6 Å². The van der Waals surface area contributed by atoms with Crippen LogP contribution in [0.4, 0.5) is 0 Å². The zero-order valence-corrected chi connectivity index (χ0v) is 20.8. The van der Waals surface area contributed by atoms with Gasteiger partial charge < -0.3 is 19.3 Å². The molecule has 0 bridgehead atoms. The minimum absolute atomic E-state index is 0.0194. The fourth-order valence-corrected chi connectivity index (χ4v) is 4.69. The third kappa shape index (κ3) is 5.92. The van der Waals surface area contributed by atoms with E-state index in [1.807, 2.05) is 49.4 Å². The summed E-state index contributed by atoms with van der Waals surface area (Å²) in [6.07, 6.45) is 0. The maximum absolute atomic E-state index is 13.2. The second-order valence-corrected chi connectivity index (χ2v) is 9.20. The Bertz CT molecular complexity index is 1150. The molecule has 2 aromatic carbocycles. The number of carbonyl (C=O) groups is 2. The topological polar surface area (TPSA) is 84.9 Å². The van der Waals surface area contributed by atoms with E-state index in [2.05, 4.69) is 10.2 Å². The molecule has 0 spiro atoms. The van der Waals surface area contributed by atoms with E-state index in [0.29, 0.717) is 41.7 Å². The first kappa shape index (κ1) is 24.5. The van der Waals surface area contributed by atoms with Crippen LogP contribution in [-0.2, 0) is 4.79 Å².